The van der Waals surface area contributed by atoms with Gasteiger partial charge in [-0.3, -0.25) is 0 Å². The van der Waals surface area contributed by atoms with Gasteiger partial charge in [-0.15, -0.1) is 0 Å². The number of hydrogen-bond acceptors (Lipinski definition) is 4. The number of fused-ring (bicyclic) bond motifs is 1. The second kappa shape index (κ2) is 5.38. The monoisotopic (exact) mass is 322 g/mol. The minimum atomic E-state index is -1.04. The van der Waals surface area contributed by atoms with Crippen molar-refractivity contribution in [3.8, 4) is 6.07 Å². The average molecular weight is 322 g/mol. The number of piperidine rings is 1. The van der Waals surface area contributed by atoms with Gasteiger partial charge >= 0.3 is 5.97 Å². The van der Waals surface area contributed by atoms with E-state index in [4.69, 9.17) is 5.11 Å². The van der Waals surface area contributed by atoms with Crippen LogP contribution in [0.25, 0.3) is 0 Å². The standard InChI is InChI=1S/C18H18N4O2/c1-11-12(6-21-9-16(18(23)24)20-10-21)2-3-17(15(11)5-19)22-7-13-4-14(13)8-22/h2-3,9-10,13-14H,4,6-8H2,1H3,(H,23,24)/t13-,14?/m0/s1. The molecule has 2 aromatic rings. The van der Waals surface area contributed by atoms with Crippen molar-refractivity contribution in [3.05, 3.63) is 47.0 Å². The Bertz CT molecular complexity index is 854. The van der Waals surface area contributed by atoms with Crippen LogP contribution in [0.1, 0.15) is 33.6 Å². The number of carboxylic acids is 1. The molecule has 6 heteroatoms. The van der Waals surface area contributed by atoms with Crippen LogP contribution in [0.15, 0.2) is 24.7 Å². The van der Waals surface area contributed by atoms with Crippen LogP contribution in [-0.4, -0.2) is 33.7 Å². The molecule has 0 spiro atoms. The molecule has 4 rings (SSSR count). The van der Waals surface area contributed by atoms with Crippen molar-refractivity contribution in [1.29, 1.82) is 5.26 Å². The van der Waals surface area contributed by atoms with Crippen LogP contribution in [0.3, 0.4) is 0 Å². The maximum Gasteiger partial charge on any atom is 0.356 e. The minimum Gasteiger partial charge on any atom is -0.476 e. The lowest BCUT2D eigenvalue weighted by Gasteiger charge is -2.23. The third kappa shape index (κ3) is 2.42. The zero-order valence-electron chi connectivity index (χ0n) is 13.4. The van der Waals surface area contributed by atoms with Gasteiger partial charge in [0, 0.05) is 25.8 Å². The van der Waals surface area contributed by atoms with Crippen molar-refractivity contribution in [2.24, 2.45) is 11.8 Å². The third-order valence-corrected chi connectivity index (χ3v) is 5.19. The Morgan fingerprint density at radius 1 is 1.42 bits per heavy atom. The number of imidazole rings is 1. The highest BCUT2D eigenvalue weighted by Gasteiger charge is 2.45. The molecule has 2 fully saturated rings. The van der Waals surface area contributed by atoms with Gasteiger partial charge in [0.15, 0.2) is 5.69 Å². The molecule has 0 amide bonds. The molecule has 1 saturated carbocycles. The van der Waals surface area contributed by atoms with Gasteiger partial charge in [0.1, 0.15) is 6.07 Å². The van der Waals surface area contributed by atoms with E-state index in [0.717, 1.165) is 47.3 Å². The summed E-state index contributed by atoms with van der Waals surface area (Å²) >= 11 is 0. The molecule has 1 saturated heterocycles. The predicted molar refractivity (Wildman–Crippen MR) is 88.0 cm³/mol. The van der Waals surface area contributed by atoms with Gasteiger partial charge in [-0.25, -0.2) is 9.78 Å². The summed E-state index contributed by atoms with van der Waals surface area (Å²) in [6.07, 6.45) is 4.36. The van der Waals surface area contributed by atoms with Gasteiger partial charge in [-0.05, 0) is 42.4 Å². The number of anilines is 1. The molecule has 2 atom stereocenters. The predicted octanol–water partition coefficient (Wildman–Crippen LogP) is 2.27. The molecule has 6 nitrogen and oxygen atoms in total. The summed E-state index contributed by atoms with van der Waals surface area (Å²) in [6, 6.07) is 6.43. The zero-order valence-corrected chi connectivity index (χ0v) is 13.4. The molecule has 2 heterocycles. The van der Waals surface area contributed by atoms with Crippen molar-refractivity contribution in [1.82, 2.24) is 9.55 Å². The Morgan fingerprint density at radius 2 is 2.17 bits per heavy atom. The van der Waals surface area contributed by atoms with Crippen LogP contribution >= 0.6 is 0 Å². The van der Waals surface area contributed by atoms with E-state index in [9.17, 15) is 10.1 Å². The fraction of sp³-hybridized carbons (Fsp3) is 0.389. The van der Waals surface area contributed by atoms with E-state index in [1.807, 2.05) is 19.1 Å². The maximum atomic E-state index is 10.9. The Labute approximate surface area is 140 Å². The summed E-state index contributed by atoms with van der Waals surface area (Å²) in [6.45, 7) is 4.58. The van der Waals surface area contributed by atoms with Crippen LogP contribution in [0.5, 0.6) is 0 Å². The lowest BCUT2D eigenvalue weighted by Crippen LogP contribution is -2.23. The van der Waals surface area contributed by atoms with Crippen LogP contribution in [0.2, 0.25) is 0 Å². The molecule has 24 heavy (non-hydrogen) atoms. The molecular weight excluding hydrogens is 304 g/mol. The molecule has 2 aliphatic rings. The lowest BCUT2D eigenvalue weighted by atomic mass is 10.00. The number of aromatic carboxylic acids is 1. The molecule has 0 bridgehead atoms. The van der Waals surface area contributed by atoms with E-state index in [0.29, 0.717) is 6.54 Å². The fourth-order valence-electron chi connectivity index (χ4n) is 3.67. The Morgan fingerprint density at radius 3 is 2.79 bits per heavy atom. The number of rotatable bonds is 4. The molecule has 1 aromatic heterocycles. The van der Waals surface area contributed by atoms with Crippen molar-refractivity contribution in [2.45, 2.75) is 19.9 Å². The summed E-state index contributed by atoms with van der Waals surface area (Å²) in [5.41, 5.74) is 3.76. The average Bonchev–Trinajstić information content (AvgIpc) is 2.98. The van der Waals surface area contributed by atoms with E-state index in [-0.39, 0.29) is 5.69 Å². The van der Waals surface area contributed by atoms with Crippen LogP contribution in [-0.2, 0) is 6.54 Å². The zero-order chi connectivity index (χ0) is 16.8. The van der Waals surface area contributed by atoms with Crippen LogP contribution in [0, 0.1) is 30.1 Å². The highest BCUT2D eigenvalue weighted by atomic mass is 16.4. The Balaban J connectivity index is 1.62. The number of benzene rings is 1. The van der Waals surface area contributed by atoms with E-state index < -0.39 is 5.97 Å². The Kier molecular flexibility index (Phi) is 3.31. The van der Waals surface area contributed by atoms with Crippen LogP contribution < -0.4 is 4.90 Å². The first-order chi connectivity index (χ1) is 11.6. The molecule has 1 unspecified atom stereocenters. The van der Waals surface area contributed by atoms with E-state index in [1.54, 1.807) is 4.57 Å². The van der Waals surface area contributed by atoms with Gasteiger partial charge in [0.25, 0.3) is 0 Å². The smallest absolute Gasteiger partial charge is 0.356 e. The van der Waals surface area contributed by atoms with Crippen molar-refractivity contribution >= 4 is 11.7 Å². The summed E-state index contributed by atoms with van der Waals surface area (Å²) in [4.78, 5) is 17.1. The first-order valence-electron chi connectivity index (χ1n) is 8.09. The molecule has 0 radical (unpaired) electrons. The minimum absolute atomic E-state index is 0.0288. The summed E-state index contributed by atoms with van der Waals surface area (Å²) in [7, 11) is 0. The third-order valence-electron chi connectivity index (χ3n) is 5.19. The summed E-state index contributed by atoms with van der Waals surface area (Å²) in [5.74, 6) is 0.597. The van der Waals surface area contributed by atoms with Gasteiger partial charge in [-0.2, -0.15) is 5.26 Å². The van der Waals surface area contributed by atoms with Crippen molar-refractivity contribution in [3.63, 3.8) is 0 Å². The molecular formula is C18H18N4O2. The highest BCUT2D eigenvalue weighted by Crippen LogP contribution is 2.47. The van der Waals surface area contributed by atoms with Gasteiger partial charge in [0.2, 0.25) is 0 Å². The molecule has 122 valence electrons. The van der Waals surface area contributed by atoms with Gasteiger partial charge < -0.3 is 14.6 Å². The number of hydrogen-bond donors (Lipinski definition) is 1. The van der Waals surface area contributed by atoms with E-state index in [1.165, 1.54) is 18.9 Å². The molecule has 1 aliphatic heterocycles. The van der Waals surface area contributed by atoms with Crippen molar-refractivity contribution < 1.29 is 9.90 Å². The topological polar surface area (TPSA) is 82.2 Å². The highest BCUT2D eigenvalue weighted by molar-refractivity contribution is 5.84. The summed E-state index contributed by atoms with van der Waals surface area (Å²) in [5, 5.41) is 18.6. The number of nitrogens with zero attached hydrogens (tertiary/aromatic N) is 4. The number of aromatic nitrogens is 2. The normalized spacial score (nSPS) is 21.4. The number of carbonyl (C=O) groups is 1. The Hall–Kier alpha value is -2.81. The fourth-order valence-corrected chi connectivity index (χ4v) is 3.67. The molecule has 1 aliphatic carbocycles. The molecule has 1 N–H and O–H groups in total. The number of nitriles is 1. The van der Waals surface area contributed by atoms with Crippen LogP contribution in [0.4, 0.5) is 5.69 Å². The van der Waals surface area contributed by atoms with E-state index in [2.05, 4.69) is 16.0 Å². The quantitative estimate of drug-likeness (QED) is 0.933. The first-order valence-corrected chi connectivity index (χ1v) is 8.09. The van der Waals surface area contributed by atoms with Gasteiger partial charge in [-0.1, -0.05) is 6.07 Å². The van der Waals surface area contributed by atoms with Crippen molar-refractivity contribution in [2.75, 3.05) is 18.0 Å². The maximum absolute atomic E-state index is 10.9. The second-order valence-corrected chi connectivity index (χ2v) is 6.75. The summed E-state index contributed by atoms with van der Waals surface area (Å²) < 4.78 is 1.73. The first kappa shape index (κ1) is 14.8. The molecule has 1 aromatic carbocycles. The SMILES string of the molecule is Cc1c(Cn2cnc(C(=O)O)c2)ccc(N2CC3C[C@H]3C2)c1C#N. The second-order valence-electron chi connectivity index (χ2n) is 6.75. The largest absolute Gasteiger partial charge is 0.476 e. The lowest BCUT2D eigenvalue weighted by molar-refractivity contribution is 0.0691. The van der Waals surface area contributed by atoms with E-state index >= 15 is 0 Å². The number of carboxylic acid groups (broad SMARTS) is 1. The van der Waals surface area contributed by atoms with Gasteiger partial charge in [0.05, 0.1) is 17.6 Å².